The summed E-state index contributed by atoms with van der Waals surface area (Å²) in [6, 6.07) is 8.39. The maximum atomic E-state index is 10.6. The topological polar surface area (TPSA) is 29.5 Å². The van der Waals surface area contributed by atoms with Gasteiger partial charge in [-0.05, 0) is 35.8 Å². The van der Waals surface area contributed by atoms with Crippen molar-refractivity contribution in [1.29, 1.82) is 0 Å². The van der Waals surface area contributed by atoms with Crippen LogP contribution in [0.1, 0.15) is 56.3 Å². The normalized spacial score (nSPS) is 20.2. The summed E-state index contributed by atoms with van der Waals surface area (Å²) in [6.07, 6.45) is 6.70. The minimum atomic E-state index is -0.329. The van der Waals surface area contributed by atoms with E-state index in [0.717, 1.165) is 31.4 Å². The maximum absolute atomic E-state index is 10.6. The van der Waals surface area contributed by atoms with Gasteiger partial charge in [-0.3, -0.25) is 0 Å². The molecule has 0 bridgehead atoms. The van der Waals surface area contributed by atoms with Crippen molar-refractivity contribution in [2.24, 2.45) is 5.41 Å². The van der Waals surface area contributed by atoms with Gasteiger partial charge in [0.1, 0.15) is 0 Å². The summed E-state index contributed by atoms with van der Waals surface area (Å²) in [5, 5.41) is 10.6. The lowest BCUT2D eigenvalue weighted by Crippen LogP contribution is -2.28. The lowest BCUT2D eigenvalue weighted by Gasteiger charge is -2.38. The van der Waals surface area contributed by atoms with E-state index < -0.39 is 0 Å². The Morgan fingerprint density at radius 3 is 2.37 bits per heavy atom. The van der Waals surface area contributed by atoms with Crippen LogP contribution in [0, 0.1) is 5.41 Å². The Balaban J connectivity index is 2.04. The summed E-state index contributed by atoms with van der Waals surface area (Å²) in [6.45, 7) is 2.98. The van der Waals surface area contributed by atoms with Crippen molar-refractivity contribution in [2.75, 3.05) is 13.7 Å². The highest BCUT2D eigenvalue weighted by Gasteiger charge is 2.35. The molecule has 0 aliphatic heterocycles. The summed E-state index contributed by atoms with van der Waals surface area (Å²) < 4.78 is 5.09. The van der Waals surface area contributed by atoms with Gasteiger partial charge in [0.15, 0.2) is 0 Å². The van der Waals surface area contributed by atoms with Crippen LogP contribution in [-0.4, -0.2) is 18.8 Å². The molecule has 1 atom stereocenters. The molecular formula is C17H26O2. The molecule has 2 heteroatoms. The van der Waals surface area contributed by atoms with Crippen molar-refractivity contribution < 1.29 is 9.84 Å². The van der Waals surface area contributed by atoms with Gasteiger partial charge in [0, 0.05) is 7.11 Å². The van der Waals surface area contributed by atoms with Crippen molar-refractivity contribution in [1.82, 2.24) is 0 Å². The average molecular weight is 262 g/mol. The van der Waals surface area contributed by atoms with Gasteiger partial charge in [-0.2, -0.15) is 0 Å². The molecular weight excluding hydrogens is 236 g/mol. The summed E-state index contributed by atoms with van der Waals surface area (Å²) in [5.41, 5.74) is 2.39. The second kappa shape index (κ2) is 6.53. The molecule has 0 spiro atoms. The van der Waals surface area contributed by atoms with Crippen LogP contribution >= 0.6 is 0 Å². The quantitative estimate of drug-likeness (QED) is 0.872. The highest BCUT2D eigenvalue weighted by molar-refractivity contribution is 5.25. The number of hydrogen-bond acceptors (Lipinski definition) is 2. The van der Waals surface area contributed by atoms with Crippen LogP contribution in [0.4, 0.5) is 0 Å². The molecule has 106 valence electrons. The Kier molecular flexibility index (Phi) is 5.00. The van der Waals surface area contributed by atoms with Crippen molar-refractivity contribution >= 4 is 0 Å². The highest BCUT2D eigenvalue weighted by Crippen LogP contribution is 2.45. The number of aliphatic hydroxyl groups excluding tert-OH is 1. The second-order valence-electron chi connectivity index (χ2n) is 6.10. The number of ether oxygens (including phenoxy) is 1. The minimum Gasteiger partial charge on any atom is -0.388 e. The molecule has 1 aromatic carbocycles. The molecule has 2 nitrogen and oxygen atoms in total. The van der Waals surface area contributed by atoms with Crippen LogP contribution in [-0.2, 0) is 11.2 Å². The molecule has 1 fully saturated rings. The molecule has 0 saturated heterocycles. The van der Waals surface area contributed by atoms with Crippen LogP contribution in [0.5, 0.6) is 0 Å². The number of hydrogen-bond donors (Lipinski definition) is 1. The maximum Gasteiger partial charge on any atom is 0.0843 e. The molecule has 1 saturated carbocycles. The third-order valence-corrected chi connectivity index (χ3v) is 4.55. The largest absolute Gasteiger partial charge is 0.388 e. The van der Waals surface area contributed by atoms with Crippen LogP contribution in [0.25, 0.3) is 0 Å². The SMILES string of the molecule is COCCc1ccc(C(O)C2(C)CCCCC2)cc1. The third kappa shape index (κ3) is 3.58. The zero-order valence-corrected chi connectivity index (χ0v) is 12.2. The standard InChI is InChI=1S/C17H26O2/c1-17(11-4-3-5-12-17)16(18)15-8-6-14(7-9-15)10-13-19-2/h6-9,16,18H,3-5,10-13H2,1-2H3. The number of benzene rings is 1. The first-order valence-electron chi connectivity index (χ1n) is 7.41. The van der Waals surface area contributed by atoms with Gasteiger partial charge in [-0.25, -0.2) is 0 Å². The number of rotatable bonds is 5. The van der Waals surface area contributed by atoms with E-state index in [-0.39, 0.29) is 11.5 Å². The van der Waals surface area contributed by atoms with Gasteiger partial charge in [0.25, 0.3) is 0 Å². The molecule has 1 aliphatic rings. The fraction of sp³-hybridized carbons (Fsp3) is 0.647. The molecule has 19 heavy (non-hydrogen) atoms. The molecule has 2 rings (SSSR count). The molecule has 0 amide bonds. The van der Waals surface area contributed by atoms with Gasteiger partial charge in [0.05, 0.1) is 12.7 Å². The average Bonchev–Trinajstić information content (AvgIpc) is 2.46. The fourth-order valence-electron chi connectivity index (χ4n) is 3.12. The Morgan fingerprint density at radius 1 is 1.16 bits per heavy atom. The van der Waals surface area contributed by atoms with Crippen molar-refractivity contribution in [3.05, 3.63) is 35.4 Å². The Morgan fingerprint density at radius 2 is 1.79 bits per heavy atom. The van der Waals surface area contributed by atoms with Gasteiger partial charge in [0.2, 0.25) is 0 Å². The first kappa shape index (κ1) is 14.5. The van der Waals surface area contributed by atoms with Gasteiger partial charge < -0.3 is 9.84 Å². The number of aliphatic hydroxyl groups is 1. The summed E-state index contributed by atoms with van der Waals surface area (Å²) in [5.74, 6) is 0. The van der Waals surface area contributed by atoms with E-state index in [1.54, 1.807) is 7.11 Å². The van der Waals surface area contributed by atoms with Crippen molar-refractivity contribution in [3.63, 3.8) is 0 Å². The van der Waals surface area contributed by atoms with Gasteiger partial charge in [-0.15, -0.1) is 0 Å². The molecule has 0 radical (unpaired) electrons. The van der Waals surface area contributed by atoms with E-state index in [1.807, 2.05) is 0 Å². The van der Waals surface area contributed by atoms with E-state index >= 15 is 0 Å². The zero-order valence-electron chi connectivity index (χ0n) is 12.2. The second-order valence-corrected chi connectivity index (χ2v) is 6.10. The van der Waals surface area contributed by atoms with Crippen molar-refractivity contribution in [2.45, 2.75) is 51.6 Å². The molecule has 0 aromatic heterocycles. The first-order valence-corrected chi connectivity index (χ1v) is 7.41. The zero-order chi connectivity index (χ0) is 13.7. The lowest BCUT2D eigenvalue weighted by atomic mass is 9.70. The summed E-state index contributed by atoms with van der Waals surface area (Å²) in [7, 11) is 1.72. The van der Waals surface area contributed by atoms with E-state index in [0.29, 0.717) is 0 Å². The Bertz CT molecular complexity index is 377. The number of methoxy groups -OCH3 is 1. The smallest absolute Gasteiger partial charge is 0.0843 e. The van der Waals surface area contributed by atoms with Crippen LogP contribution in [0.2, 0.25) is 0 Å². The highest BCUT2D eigenvalue weighted by atomic mass is 16.5. The van der Waals surface area contributed by atoms with Crippen LogP contribution < -0.4 is 0 Å². The van der Waals surface area contributed by atoms with Gasteiger partial charge in [-0.1, -0.05) is 50.5 Å². The third-order valence-electron chi connectivity index (χ3n) is 4.55. The van der Waals surface area contributed by atoms with Crippen LogP contribution in [0.15, 0.2) is 24.3 Å². The molecule has 1 N–H and O–H groups in total. The lowest BCUT2D eigenvalue weighted by molar-refractivity contribution is 0.00818. The Labute approximate surface area is 116 Å². The van der Waals surface area contributed by atoms with Crippen LogP contribution in [0.3, 0.4) is 0 Å². The Hall–Kier alpha value is -0.860. The van der Waals surface area contributed by atoms with E-state index in [1.165, 1.54) is 24.8 Å². The predicted molar refractivity (Wildman–Crippen MR) is 78.2 cm³/mol. The summed E-state index contributed by atoms with van der Waals surface area (Å²) in [4.78, 5) is 0. The molecule has 0 heterocycles. The minimum absolute atomic E-state index is 0.0618. The molecule has 1 unspecified atom stereocenters. The monoisotopic (exact) mass is 262 g/mol. The van der Waals surface area contributed by atoms with E-state index in [2.05, 4.69) is 31.2 Å². The molecule has 1 aliphatic carbocycles. The van der Waals surface area contributed by atoms with Gasteiger partial charge >= 0.3 is 0 Å². The fourth-order valence-corrected chi connectivity index (χ4v) is 3.12. The van der Waals surface area contributed by atoms with Crippen molar-refractivity contribution in [3.8, 4) is 0 Å². The predicted octanol–water partition coefficient (Wildman–Crippen LogP) is 3.88. The summed E-state index contributed by atoms with van der Waals surface area (Å²) >= 11 is 0. The first-order chi connectivity index (χ1) is 9.15. The van der Waals surface area contributed by atoms with E-state index in [4.69, 9.17) is 4.74 Å². The molecule has 1 aromatic rings. The van der Waals surface area contributed by atoms with E-state index in [9.17, 15) is 5.11 Å².